The van der Waals surface area contributed by atoms with Crippen LogP contribution in [0.1, 0.15) is 72.8 Å². The molecule has 0 aliphatic rings. The van der Waals surface area contributed by atoms with E-state index in [0.717, 1.165) is 12.7 Å². The smallest absolute Gasteiger partial charge is 0.408 e. The van der Waals surface area contributed by atoms with E-state index in [1.54, 1.807) is 65.8 Å². The van der Waals surface area contributed by atoms with Crippen molar-refractivity contribution >= 4 is 29.9 Å². The van der Waals surface area contributed by atoms with E-state index in [1.165, 1.54) is 0 Å². The summed E-state index contributed by atoms with van der Waals surface area (Å²) < 4.78 is 20.5. The molecule has 0 saturated carbocycles. The van der Waals surface area contributed by atoms with Gasteiger partial charge in [0, 0.05) is 12.8 Å². The molecule has 0 saturated heterocycles. The molecule has 0 spiro atoms. The summed E-state index contributed by atoms with van der Waals surface area (Å²) in [5, 5.41) is 4.93. The van der Waals surface area contributed by atoms with Crippen LogP contribution in [0.4, 0.5) is 4.79 Å². The van der Waals surface area contributed by atoms with Gasteiger partial charge in [0.1, 0.15) is 29.9 Å². The summed E-state index contributed by atoms with van der Waals surface area (Å²) in [5.41, 5.74) is -0.697. The van der Waals surface area contributed by atoms with Crippen LogP contribution >= 0.6 is 0 Å². The molecule has 0 bridgehead atoms. The van der Waals surface area contributed by atoms with Crippen LogP contribution in [0.3, 0.4) is 0 Å². The van der Waals surface area contributed by atoms with Gasteiger partial charge in [-0.3, -0.25) is 14.4 Å². The summed E-state index contributed by atoms with van der Waals surface area (Å²) in [6.07, 6.45) is -1.45. The summed E-state index contributed by atoms with van der Waals surface area (Å²) in [5.74, 6) is -2.65. The third kappa shape index (κ3) is 14.2. The fraction of sp³-hybridized carbons (Fsp3) is 0.593. The highest BCUT2D eigenvalue weighted by Crippen LogP contribution is 2.13. The molecule has 2 atom stereocenters. The largest absolute Gasteiger partial charge is 0.467 e. The molecule has 11 nitrogen and oxygen atoms in total. The van der Waals surface area contributed by atoms with Crippen molar-refractivity contribution in [3.05, 3.63) is 35.9 Å². The average molecular weight is 537 g/mol. The van der Waals surface area contributed by atoms with Crippen molar-refractivity contribution in [1.82, 2.24) is 10.6 Å². The van der Waals surface area contributed by atoms with E-state index in [1.807, 2.05) is 6.07 Å². The molecule has 0 aromatic heterocycles. The monoisotopic (exact) mass is 536 g/mol. The van der Waals surface area contributed by atoms with Crippen molar-refractivity contribution in [3.8, 4) is 0 Å². The van der Waals surface area contributed by atoms with Crippen LogP contribution in [0.5, 0.6) is 0 Å². The number of hydrogen-bond donors (Lipinski definition) is 2. The molecule has 212 valence electrons. The lowest BCUT2D eigenvalue weighted by molar-refractivity contribution is -0.157. The summed E-state index contributed by atoms with van der Waals surface area (Å²) in [4.78, 5) is 62.2. The number of carbonyl (C=O) groups is 5. The number of benzene rings is 1. The van der Waals surface area contributed by atoms with Crippen LogP contribution in [0.15, 0.2) is 30.3 Å². The van der Waals surface area contributed by atoms with Crippen molar-refractivity contribution < 1.29 is 42.9 Å². The minimum atomic E-state index is -1.24. The highest BCUT2D eigenvalue weighted by Gasteiger charge is 2.30. The van der Waals surface area contributed by atoms with Gasteiger partial charge in [-0.25, -0.2) is 9.59 Å². The summed E-state index contributed by atoms with van der Waals surface area (Å²) in [6, 6.07) is 6.51. The molecule has 0 heterocycles. The van der Waals surface area contributed by atoms with Crippen LogP contribution < -0.4 is 10.6 Å². The summed E-state index contributed by atoms with van der Waals surface area (Å²) >= 11 is 0. The van der Waals surface area contributed by atoms with Crippen LogP contribution in [0.2, 0.25) is 0 Å². The predicted octanol–water partition coefficient (Wildman–Crippen LogP) is 3.18. The minimum Gasteiger partial charge on any atom is -0.467 e. The number of esters is 3. The molecule has 1 rings (SSSR count). The van der Waals surface area contributed by atoms with E-state index in [2.05, 4.69) is 10.6 Å². The first-order chi connectivity index (χ1) is 17.6. The van der Waals surface area contributed by atoms with E-state index >= 15 is 0 Å². The lowest BCUT2D eigenvalue weighted by Crippen LogP contribution is -2.52. The molecule has 11 heteroatoms. The third-order valence-electron chi connectivity index (χ3n) is 4.74. The Kier molecular flexibility index (Phi) is 12.7. The molecule has 38 heavy (non-hydrogen) atoms. The molecule has 0 aliphatic carbocycles. The average Bonchev–Trinajstić information content (AvgIpc) is 2.80. The Morgan fingerprint density at radius 2 is 1.26 bits per heavy atom. The standard InChI is InChI=1S/C27H40N2O9/c1-26(2,3)37-21(30)15-13-19(29-25(34)36-17-18-11-9-8-10-12-18)23(32)28-20(24(33)35-7)14-16-22(31)38-27(4,5)6/h8-12,19-20H,13-17H2,1-7H3,(H,28,32)(H,29,34)/t19-,20-/m0/s1. The third-order valence-corrected chi connectivity index (χ3v) is 4.74. The molecule has 2 amide bonds. The van der Waals surface area contributed by atoms with E-state index in [0.29, 0.717) is 0 Å². The fourth-order valence-electron chi connectivity index (χ4n) is 3.15. The second-order valence-electron chi connectivity index (χ2n) is 10.6. The second kappa shape index (κ2) is 14.9. The van der Waals surface area contributed by atoms with Gasteiger partial charge >= 0.3 is 24.0 Å². The highest BCUT2D eigenvalue weighted by molar-refractivity contribution is 5.90. The van der Waals surface area contributed by atoms with Gasteiger partial charge in [-0.15, -0.1) is 0 Å². The first kappa shape index (κ1) is 32.4. The molecule has 1 aromatic rings. The van der Waals surface area contributed by atoms with E-state index < -0.39 is 53.2 Å². The number of rotatable bonds is 12. The van der Waals surface area contributed by atoms with Crippen molar-refractivity contribution in [2.45, 2.75) is 97.1 Å². The lowest BCUT2D eigenvalue weighted by Gasteiger charge is -2.24. The molecule has 0 radical (unpaired) electrons. The first-order valence-corrected chi connectivity index (χ1v) is 12.4. The van der Waals surface area contributed by atoms with Gasteiger partial charge in [0.2, 0.25) is 5.91 Å². The molecule has 2 N–H and O–H groups in total. The lowest BCUT2D eigenvalue weighted by atomic mass is 10.1. The van der Waals surface area contributed by atoms with Gasteiger partial charge in [0.15, 0.2) is 0 Å². The van der Waals surface area contributed by atoms with Gasteiger partial charge in [-0.2, -0.15) is 0 Å². The van der Waals surface area contributed by atoms with Crippen LogP contribution in [0, 0.1) is 0 Å². The Bertz CT molecular complexity index is 950. The molecule has 0 aliphatic heterocycles. The minimum absolute atomic E-state index is 0.0340. The van der Waals surface area contributed by atoms with Crippen molar-refractivity contribution in [2.75, 3.05) is 7.11 Å². The zero-order valence-electron chi connectivity index (χ0n) is 23.3. The normalized spacial score (nSPS) is 12.9. The van der Waals surface area contributed by atoms with Gasteiger partial charge in [-0.1, -0.05) is 30.3 Å². The van der Waals surface area contributed by atoms with Gasteiger partial charge in [0.05, 0.1) is 7.11 Å². The number of nitrogens with one attached hydrogen (secondary N) is 2. The molecule has 1 aromatic carbocycles. The second-order valence-corrected chi connectivity index (χ2v) is 10.6. The molecule has 0 fully saturated rings. The molecular weight excluding hydrogens is 496 g/mol. The molecular formula is C27H40N2O9. The SMILES string of the molecule is COC(=O)[C@H](CCC(=O)OC(C)(C)C)NC(=O)[C@H](CCC(=O)OC(C)(C)C)NC(=O)OCc1ccccc1. The maximum Gasteiger partial charge on any atom is 0.408 e. The zero-order valence-corrected chi connectivity index (χ0v) is 23.3. The Hall–Kier alpha value is -3.63. The fourth-order valence-corrected chi connectivity index (χ4v) is 3.15. The Morgan fingerprint density at radius 3 is 1.74 bits per heavy atom. The van der Waals surface area contributed by atoms with Gasteiger partial charge in [-0.05, 0) is 59.9 Å². The number of amides is 2. The number of alkyl carbamates (subject to hydrolysis) is 1. The number of hydrogen-bond acceptors (Lipinski definition) is 9. The van der Waals surface area contributed by atoms with Crippen LogP contribution in [0.25, 0.3) is 0 Å². The topological polar surface area (TPSA) is 146 Å². The highest BCUT2D eigenvalue weighted by atomic mass is 16.6. The zero-order chi connectivity index (χ0) is 28.9. The van der Waals surface area contributed by atoms with Crippen molar-refractivity contribution in [2.24, 2.45) is 0 Å². The van der Waals surface area contributed by atoms with E-state index in [9.17, 15) is 24.0 Å². The van der Waals surface area contributed by atoms with E-state index in [-0.39, 0.29) is 32.3 Å². The van der Waals surface area contributed by atoms with Crippen LogP contribution in [-0.4, -0.2) is 60.3 Å². The van der Waals surface area contributed by atoms with Crippen molar-refractivity contribution in [1.29, 1.82) is 0 Å². The van der Waals surface area contributed by atoms with Crippen LogP contribution in [-0.2, 0) is 44.7 Å². The maximum absolute atomic E-state index is 13.1. The predicted molar refractivity (Wildman–Crippen MR) is 138 cm³/mol. The Morgan fingerprint density at radius 1 is 0.763 bits per heavy atom. The maximum atomic E-state index is 13.1. The Balaban J connectivity index is 2.91. The summed E-state index contributed by atoms with van der Waals surface area (Å²) in [7, 11) is 1.15. The van der Waals surface area contributed by atoms with Gasteiger partial charge in [0.25, 0.3) is 0 Å². The molecule has 0 unspecified atom stereocenters. The van der Waals surface area contributed by atoms with E-state index in [4.69, 9.17) is 18.9 Å². The number of ether oxygens (including phenoxy) is 4. The number of carbonyl (C=O) groups excluding carboxylic acids is 5. The van der Waals surface area contributed by atoms with Crippen molar-refractivity contribution in [3.63, 3.8) is 0 Å². The number of methoxy groups -OCH3 is 1. The first-order valence-electron chi connectivity index (χ1n) is 12.4. The quantitative estimate of drug-likeness (QED) is 0.304. The van der Waals surface area contributed by atoms with Gasteiger partial charge < -0.3 is 29.6 Å². The Labute approximate surface area is 223 Å². The summed E-state index contributed by atoms with van der Waals surface area (Å²) in [6.45, 7) is 10.2.